The highest BCUT2D eigenvalue weighted by molar-refractivity contribution is 7.92. The Morgan fingerprint density at radius 2 is 1.90 bits per heavy atom. The molecule has 1 amide bonds. The number of sulfone groups is 1. The van der Waals surface area contributed by atoms with Crippen molar-refractivity contribution in [3.05, 3.63) is 53.8 Å². The van der Waals surface area contributed by atoms with Crippen LogP contribution in [0.3, 0.4) is 0 Å². The quantitative estimate of drug-likeness (QED) is 0.566. The Bertz CT molecular complexity index is 1130. The fraction of sp³-hybridized carbons (Fsp3) is 0.409. The van der Waals surface area contributed by atoms with Crippen LogP contribution < -0.4 is 15.7 Å². The Morgan fingerprint density at radius 3 is 2.55 bits per heavy atom. The van der Waals surface area contributed by atoms with Crippen molar-refractivity contribution in [1.29, 1.82) is 0 Å². The molecule has 2 aliphatic heterocycles. The average Bonchev–Trinajstić information content (AvgIpc) is 3.11. The Kier molecular flexibility index (Phi) is 5.17. The number of hydrogen-bond donors (Lipinski definition) is 1. The molecule has 0 saturated carbocycles. The van der Waals surface area contributed by atoms with Crippen LogP contribution in [0.15, 0.2) is 47.4 Å². The van der Waals surface area contributed by atoms with Gasteiger partial charge in [-0.15, -0.1) is 0 Å². The maximum Gasteiger partial charge on any atom is 0.414 e. The van der Waals surface area contributed by atoms with E-state index in [2.05, 4.69) is 5.32 Å². The first-order valence-corrected chi connectivity index (χ1v) is 11.8. The van der Waals surface area contributed by atoms with Gasteiger partial charge >= 0.3 is 6.09 Å². The fourth-order valence-corrected chi connectivity index (χ4v) is 6.87. The van der Waals surface area contributed by atoms with Gasteiger partial charge in [-0.3, -0.25) is 4.90 Å². The lowest BCUT2D eigenvalue weighted by Gasteiger charge is -2.44. The third-order valence-electron chi connectivity index (χ3n) is 5.93. The van der Waals surface area contributed by atoms with Gasteiger partial charge in [-0.2, -0.15) is 0 Å². The highest BCUT2D eigenvalue weighted by Crippen LogP contribution is 2.50. The van der Waals surface area contributed by atoms with Crippen molar-refractivity contribution in [1.82, 2.24) is 5.32 Å². The van der Waals surface area contributed by atoms with Crippen LogP contribution in [0.2, 0.25) is 0 Å². The molecule has 164 valence electrons. The van der Waals surface area contributed by atoms with Gasteiger partial charge in [-0.1, -0.05) is 17.6 Å². The van der Waals surface area contributed by atoms with E-state index in [4.69, 9.17) is 4.74 Å². The number of anilines is 1. The summed E-state index contributed by atoms with van der Waals surface area (Å²) in [6, 6.07) is 9.89. The van der Waals surface area contributed by atoms with Crippen LogP contribution in [-0.4, -0.2) is 47.1 Å². The highest BCUT2D eigenvalue weighted by Gasteiger charge is 2.59. The number of carbonyl (C=O) groups excluding carboxylic acids is 1. The van der Waals surface area contributed by atoms with Crippen molar-refractivity contribution in [2.24, 2.45) is 0 Å². The minimum Gasteiger partial charge on any atom is -0.443 e. The lowest BCUT2D eigenvalue weighted by molar-refractivity contribution is 0.0572. The first kappa shape index (κ1) is 21.8. The summed E-state index contributed by atoms with van der Waals surface area (Å²) in [6.07, 6.45) is -0.156. The van der Waals surface area contributed by atoms with Crippen LogP contribution in [0.5, 0.6) is 0 Å². The number of carbonyl (C=O) groups is 1. The Balaban J connectivity index is 1.90. The zero-order valence-electron chi connectivity index (χ0n) is 18.1. The van der Waals surface area contributed by atoms with Crippen molar-refractivity contribution in [3.63, 3.8) is 0 Å². The van der Waals surface area contributed by atoms with Gasteiger partial charge in [0.2, 0.25) is 0 Å². The van der Waals surface area contributed by atoms with E-state index in [-0.39, 0.29) is 11.4 Å². The lowest BCUT2D eigenvalue weighted by atomic mass is 9.82. The third kappa shape index (κ3) is 3.53. The fourth-order valence-electron chi connectivity index (χ4n) is 4.59. The molecule has 4 rings (SSSR count). The summed E-state index contributed by atoms with van der Waals surface area (Å²) in [4.78, 5) is 14.6. The number of nitrogens with one attached hydrogen (secondary N) is 1. The SMILES string of the molecule is Bc1ccc2c(c1)N(C(=O)OC(C)(C)C)CC1NCCC21S(=O)(=O)c1ccc(F)cc1. The number of rotatable bonds is 2. The summed E-state index contributed by atoms with van der Waals surface area (Å²) in [5.74, 6) is -0.492. The van der Waals surface area contributed by atoms with Gasteiger partial charge in [-0.25, -0.2) is 17.6 Å². The molecule has 6 nitrogen and oxygen atoms in total. The van der Waals surface area contributed by atoms with Gasteiger partial charge in [-0.05, 0) is 69.6 Å². The second-order valence-corrected chi connectivity index (χ2v) is 11.4. The molecule has 1 saturated heterocycles. The highest BCUT2D eigenvalue weighted by atomic mass is 32.2. The molecule has 0 aliphatic carbocycles. The van der Waals surface area contributed by atoms with Crippen molar-refractivity contribution in [2.75, 3.05) is 18.0 Å². The van der Waals surface area contributed by atoms with E-state index in [0.717, 1.165) is 17.6 Å². The predicted molar refractivity (Wildman–Crippen MR) is 120 cm³/mol. The molecular weight excluding hydrogens is 418 g/mol. The van der Waals surface area contributed by atoms with Gasteiger partial charge < -0.3 is 10.1 Å². The molecule has 2 aromatic rings. The van der Waals surface area contributed by atoms with Gasteiger partial charge in [0.25, 0.3) is 0 Å². The van der Waals surface area contributed by atoms with Crippen LogP contribution in [0.4, 0.5) is 14.9 Å². The molecule has 1 fully saturated rings. The number of halogens is 1. The van der Waals surface area contributed by atoms with E-state index < -0.39 is 38.1 Å². The number of hydrogen-bond acceptors (Lipinski definition) is 5. The van der Waals surface area contributed by atoms with Crippen LogP contribution in [0, 0.1) is 5.82 Å². The molecule has 2 unspecified atom stereocenters. The third-order valence-corrected chi connectivity index (χ3v) is 8.49. The maximum absolute atomic E-state index is 14.0. The number of benzene rings is 2. The molecule has 0 aromatic heterocycles. The summed E-state index contributed by atoms with van der Waals surface area (Å²) in [7, 11) is -2.00. The molecule has 9 heteroatoms. The van der Waals surface area contributed by atoms with Crippen molar-refractivity contribution in [3.8, 4) is 0 Å². The maximum atomic E-state index is 14.0. The monoisotopic (exact) mass is 444 g/mol. The molecular formula is C22H26BFN2O4S. The van der Waals surface area contributed by atoms with Crippen molar-refractivity contribution < 1.29 is 22.3 Å². The van der Waals surface area contributed by atoms with E-state index in [9.17, 15) is 17.6 Å². The molecule has 2 heterocycles. The first-order valence-electron chi connectivity index (χ1n) is 10.3. The summed E-state index contributed by atoms with van der Waals surface area (Å²) in [6.45, 7) is 6.03. The molecule has 0 radical (unpaired) electrons. The van der Waals surface area contributed by atoms with Gasteiger partial charge in [0.05, 0.1) is 10.6 Å². The van der Waals surface area contributed by atoms with Gasteiger partial charge in [0.15, 0.2) is 9.84 Å². The molecule has 0 spiro atoms. The van der Waals surface area contributed by atoms with Crippen LogP contribution in [0.1, 0.15) is 32.8 Å². The molecule has 2 atom stereocenters. The zero-order valence-corrected chi connectivity index (χ0v) is 18.9. The normalized spacial score (nSPS) is 23.2. The van der Waals surface area contributed by atoms with Crippen molar-refractivity contribution >= 4 is 34.9 Å². The smallest absolute Gasteiger partial charge is 0.414 e. The summed E-state index contributed by atoms with van der Waals surface area (Å²) in [5.41, 5.74) is 1.33. The lowest BCUT2D eigenvalue weighted by Crippen LogP contribution is -2.58. The summed E-state index contributed by atoms with van der Waals surface area (Å²) >= 11 is 0. The average molecular weight is 444 g/mol. The second-order valence-electron chi connectivity index (χ2n) is 9.22. The minimum absolute atomic E-state index is 0.0693. The van der Waals surface area contributed by atoms with E-state index in [1.807, 2.05) is 20.0 Å². The Hall–Kier alpha value is -2.39. The Morgan fingerprint density at radius 1 is 1.23 bits per heavy atom. The van der Waals surface area contributed by atoms with Gasteiger partial charge in [0.1, 0.15) is 24.0 Å². The molecule has 2 aromatic carbocycles. The van der Waals surface area contributed by atoms with Crippen molar-refractivity contribution in [2.45, 2.75) is 48.5 Å². The minimum atomic E-state index is -3.90. The van der Waals surface area contributed by atoms with E-state index in [1.54, 1.807) is 26.8 Å². The van der Waals surface area contributed by atoms with Gasteiger partial charge in [0, 0.05) is 12.6 Å². The topological polar surface area (TPSA) is 75.7 Å². The van der Waals surface area contributed by atoms with Crippen LogP contribution in [-0.2, 0) is 19.3 Å². The largest absolute Gasteiger partial charge is 0.443 e. The number of nitrogens with zero attached hydrogens (tertiary/aromatic N) is 1. The van der Waals surface area contributed by atoms with E-state index in [0.29, 0.717) is 24.2 Å². The number of amides is 1. The Labute approximate surface area is 183 Å². The van der Waals surface area contributed by atoms with E-state index in [1.165, 1.54) is 17.0 Å². The molecule has 0 bridgehead atoms. The summed E-state index contributed by atoms with van der Waals surface area (Å²) in [5, 5.41) is 3.29. The second kappa shape index (κ2) is 7.34. The predicted octanol–water partition coefficient (Wildman–Crippen LogP) is 1.87. The standard InChI is InChI=1S/C22H26BFN2O4S/c1-21(2,3)30-20(27)26-13-19-22(10-11-25-19,17-9-4-14(23)12-18(17)26)31(28,29)16-7-5-15(24)6-8-16/h4-9,12,19,25H,10-11,13,23H2,1-3H3. The zero-order chi connectivity index (χ0) is 22.6. The number of fused-ring (bicyclic) bond motifs is 3. The molecule has 2 aliphatic rings. The molecule has 1 N–H and O–H groups in total. The van der Waals surface area contributed by atoms with Crippen LogP contribution in [0.25, 0.3) is 0 Å². The summed E-state index contributed by atoms with van der Waals surface area (Å²) < 4.78 is 45.7. The van der Waals surface area contributed by atoms with E-state index >= 15 is 0 Å². The molecule has 31 heavy (non-hydrogen) atoms. The first-order chi connectivity index (χ1) is 14.5. The van der Waals surface area contributed by atoms with Crippen LogP contribution >= 0.6 is 0 Å². The number of ether oxygens (including phenoxy) is 1.